The van der Waals surface area contributed by atoms with Crippen LogP contribution in [0.25, 0.3) is 0 Å². The standard InChI is InChI=1S/C18H19FN4O2/c1-3-5-10-17(21-22-17)11-12-23-15(24)18(4-2,20-16(23)25)13-6-8-14(19)9-7-13/h1,6-9H,4-5,10-12H2,2H3,(H,20,25). The van der Waals surface area contributed by atoms with Gasteiger partial charge in [0, 0.05) is 25.8 Å². The first-order valence-electron chi connectivity index (χ1n) is 8.24. The Hall–Kier alpha value is -2.75. The quantitative estimate of drug-likeness (QED) is 0.611. The van der Waals surface area contributed by atoms with Gasteiger partial charge in [-0.15, -0.1) is 12.3 Å². The average molecular weight is 342 g/mol. The van der Waals surface area contributed by atoms with E-state index in [0.29, 0.717) is 31.2 Å². The van der Waals surface area contributed by atoms with Gasteiger partial charge < -0.3 is 5.32 Å². The number of amides is 3. The fraction of sp³-hybridized carbons (Fsp3) is 0.444. The Morgan fingerprint density at radius 2 is 1.92 bits per heavy atom. The highest BCUT2D eigenvalue weighted by Gasteiger charge is 2.52. The summed E-state index contributed by atoms with van der Waals surface area (Å²) in [6, 6.07) is 5.17. The minimum Gasteiger partial charge on any atom is -0.319 e. The molecule has 6 nitrogen and oxygen atoms in total. The zero-order chi connectivity index (χ0) is 18.1. The van der Waals surface area contributed by atoms with Crippen LogP contribution in [-0.4, -0.2) is 29.0 Å². The highest BCUT2D eigenvalue weighted by atomic mass is 19.1. The van der Waals surface area contributed by atoms with Gasteiger partial charge in [-0.1, -0.05) is 19.1 Å². The number of halogens is 1. The van der Waals surface area contributed by atoms with E-state index in [4.69, 9.17) is 6.42 Å². The summed E-state index contributed by atoms with van der Waals surface area (Å²) in [5.74, 6) is 1.82. The molecule has 0 bridgehead atoms. The molecule has 1 aromatic rings. The Balaban J connectivity index is 1.75. The molecule has 3 amide bonds. The monoisotopic (exact) mass is 342 g/mol. The van der Waals surface area contributed by atoms with Gasteiger partial charge in [-0.25, -0.2) is 9.18 Å². The Bertz CT molecular complexity index is 762. The number of imide groups is 1. The number of rotatable bonds is 7. The highest BCUT2D eigenvalue weighted by molar-refractivity contribution is 6.07. The predicted molar refractivity (Wildman–Crippen MR) is 88.9 cm³/mol. The van der Waals surface area contributed by atoms with Gasteiger partial charge in [0.1, 0.15) is 11.4 Å². The first kappa shape index (κ1) is 17.1. The molecule has 1 atom stereocenters. The van der Waals surface area contributed by atoms with E-state index >= 15 is 0 Å². The maximum atomic E-state index is 13.2. The van der Waals surface area contributed by atoms with Crippen molar-refractivity contribution in [3.63, 3.8) is 0 Å². The van der Waals surface area contributed by atoms with E-state index in [9.17, 15) is 14.0 Å². The van der Waals surface area contributed by atoms with Crippen LogP contribution in [-0.2, 0) is 10.3 Å². The molecule has 0 aliphatic carbocycles. The number of hydrogen-bond donors (Lipinski definition) is 1. The molecule has 3 rings (SSSR count). The minimum absolute atomic E-state index is 0.213. The van der Waals surface area contributed by atoms with E-state index in [-0.39, 0.29) is 12.5 Å². The molecule has 1 N–H and O–H groups in total. The second kappa shape index (κ2) is 6.28. The first-order valence-corrected chi connectivity index (χ1v) is 8.24. The van der Waals surface area contributed by atoms with Crippen LogP contribution in [0.5, 0.6) is 0 Å². The van der Waals surface area contributed by atoms with E-state index in [0.717, 1.165) is 0 Å². The van der Waals surface area contributed by atoms with E-state index in [1.165, 1.54) is 29.2 Å². The summed E-state index contributed by atoms with van der Waals surface area (Å²) < 4.78 is 13.2. The van der Waals surface area contributed by atoms with Gasteiger partial charge in [0.25, 0.3) is 5.91 Å². The summed E-state index contributed by atoms with van der Waals surface area (Å²) >= 11 is 0. The maximum absolute atomic E-state index is 13.2. The molecule has 7 heteroatoms. The van der Waals surface area contributed by atoms with Gasteiger partial charge in [-0.05, 0) is 24.1 Å². The molecular formula is C18H19FN4O2. The lowest BCUT2D eigenvalue weighted by atomic mass is 9.87. The smallest absolute Gasteiger partial charge is 0.319 e. The van der Waals surface area contributed by atoms with Crippen LogP contribution in [0.4, 0.5) is 9.18 Å². The average Bonchev–Trinajstić information content (AvgIpc) is 3.33. The molecule has 1 fully saturated rings. The van der Waals surface area contributed by atoms with Crippen LogP contribution in [0, 0.1) is 18.2 Å². The lowest BCUT2D eigenvalue weighted by Gasteiger charge is -2.26. The SMILES string of the molecule is C#CCCC1(CCN2C(=O)NC(CC)(c3ccc(F)cc3)C2=O)N=N1. The largest absolute Gasteiger partial charge is 0.325 e. The molecule has 2 aliphatic rings. The number of terminal acetylenes is 1. The molecule has 0 aromatic heterocycles. The van der Waals surface area contributed by atoms with Crippen molar-refractivity contribution in [2.75, 3.05) is 6.54 Å². The van der Waals surface area contributed by atoms with Crippen molar-refractivity contribution in [2.24, 2.45) is 10.2 Å². The molecule has 0 spiro atoms. The Labute approximate surface area is 145 Å². The van der Waals surface area contributed by atoms with E-state index in [1.807, 2.05) is 6.92 Å². The third-order valence-electron chi connectivity index (χ3n) is 4.83. The van der Waals surface area contributed by atoms with Gasteiger partial charge >= 0.3 is 6.03 Å². The fourth-order valence-electron chi connectivity index (χ4n) is 3.16. The highest BCUT2D eigenvalue weighted by Crippen LogP contribution is 2.38. The number of nitrogens with zero attached hydrogens (tertiary/aromatic N) is 3. The van der Waals surface area contributed by atoms with E-state index in [2.05, 4.69) is 21.5 Å². The molecule has 130 valence electrons. The van der Waals surface area contributed by atoms with Gasteiger partial charge in [0.05, 0.1) is 0 Å². The third kappa shape index (κ3) is 3.00. The van der Waals surface area contributed by atoms with Crippen LogP contribution in [0.3, 0.4) is 0 Å². The summed E-state index contributed by atoms with van der Waals surface area (Å²) in [4.78, 5) is 26.5. The Morgan fingerprint density at radius 3 is 2.48 bits per heavy atom. The molecule has 1 aromatic carbocycles. The first-order chi connectivity index (χ1) is 12.0. The number of hydrogen-bond acceptors (Lipinski definition) is 4. The molecule has 2 aliphatic heterocycles. The van der Waals surface area contributed by atoms with Crippen molar-refractivity contribution < 1.29 is 14.0 Å². The van der Waals surface area contributed by atoms with Gasteiger partial charge in [0.2, 0.25) is 0 Å². The van der Waals surface area contributed by atoms with E-state index in [1.54, 1.807) is 0 Å². The number of benzene rings is 1. The molecule has 0 radical (unpaired) electrons. The van der Waals surface area contributed by atoms with Crippen LogP contribution in [0.1, 0.15) is 38.2 Å². The minimum atomic E-state index is -1.16. The molecule has 2 heterocycles. The summed E-state index contributed by atoms with van der Waals surface area (Å²) in [5.41, 5.74) is -1.14. The zero-order valence-corrected chi connectivity index (χ0v) is 14.0. The van der Waals surface area contributed by atoms with Crippen molar-refractivity contribution in [3.05, 3.63) is 35.6 Å². The van der Waals surface area contributed by atoms with Gasteiger partial charge in [0.15, 0.2) is 5.66 Å². The van der Waals surface area contributed by atoms with Crippen LogP contribution >= 0.6 is 0 Å². The summed E-state index contributed by atoms with van der Waals surface area (Å²) in [6.07, 6.45) is 7.25. The Kier molecular flexibility index (Phi) is 4.29. The van der Waals surface area contributed by atoms with Crippen molar-refractivity contribution in [2.45, 2.75) is 43.8 Å². The second-order valence-corrected chi connectivity index (χ2v) is 6.29. The summed E-state index contributed by atoms with van der Waals surface area (Å²) in [5, 5.41) is 10.8. The van der Waals surface area contributed by atoms with E-state index < -0.39 is 23.1 Å². The molecule has 1 saturated heterocycles. The molecule has 1 unspecified atom stereocenters. The normalized spacial score (nSPS) is 23.5. The van der Waals surface area contributed by atoms with Crippen molar-refractivity contribution in [1.29, 1.82) is 0 Å². The number of urea groups is 1. The van der Waals surface area contributed by atoms with Crippen LogP contribution < -0.4 is 5.32 Å². The lowest BCUT2D eigenvalue weighted by Crippen LogP contribution is -2.43. The Morgan fingerprint density at radius 1 is 1.24 bits per heavy atom. The maximum Gasteiger partial charge on any atom is 0.325 e. The van der Waals surface area contributed by atoms with Crippen molar-refractivity contribution in [1.82, 2.24) is 10.2 Å². The molecular weight excluding hydrogens is 323 g/mol. The third-order valence-corrected chi connectivity index (χ3v) is 4.83. The topological polar surface area (TPSA) is 74.1 Å². The number of carbonyl (C=O) groups is 2. The number of nitrogens with one attached hydrogen (secondary N) is 1. The van der Waals surface area contributed by atoms with Crippen molar-refractivity contribution in [3.8, 4) is 12.3 Å². The van der Waals surface area contributed by atoms with Gasteiger partial charge in [-0.2, -0.15) is 10.2 Å². The summed E-state index contributed by atoms with van der Waals surface area (Å²) in [6.45, 7) is 2.02. The molecule has 25 heavy (non-hydrogen) atoms. The van der Waals surface area contributed by atoms with Crippen LogP contribution in [0.2, 0.25) is 0 Å². The van der Waals surface area contributed by atoms with Gasteiger partial charge in [-0.3, -0.25) is 9.69 Å². The fourth-order valence-corrected chi connectivity index (χ4v) is 3.16. The predicted octanol–water partition coefficient (Wildman–Crippen LogP) is 2.95. The van der Waals surface area contributed by atoms with Crippen molar-refractivity contribution >= 4 is 11.9 Å². The lowest BCUT2D eigenvalue weighted by molar-refractivity contribution is -0.131. The molecule has 0 saturated carbocycles. The van der Waals surface area contributed by atoms with Crippen LogP contribution in [0.15, 0.2) is 34.5 Å². The zero-order valence-electron chi connectivity index (χ0n) is 14.0. The number of carbonyl (C=O) groups excluding carboxylic acids is 2. The second-order valence-electron chi connectivity index (χ2n) is 6.29. The summed E-state index contributed by atoms with van der Waals surface area (Å²) in [7, 11) is 0.